The SMILES string of the molecule is O=P1(c2ccccc2)c2cc3c4ccccc4n(-c4ccccc4)c3cc2-c2cccc3cccc1c23. The first-order valence-electron chi connectivity index (χ1n) is 12.6. The van der Waals surface area contributed by atoms with Gasteiger partial charge in [0.05, 0.1) is 11.0 Å². The fraction of sp³-hybridized carbons (Fsp3) is 0. The number of rotatable bonds is 2. The Morgan fingerprint density at radius 3 is 2.03 bits per heavy atom. The zero-order valence-electron chi connectivity index (χ0n) is 20.0. The molecule has 0 amide bonds. The van der Waals surface area contributed by atoms with Crippen molar-refractivity contribution in [3.05, 3.63) is 133 Å². The molecule has 2 heterocycles. The van der Waals surface area contributed by atoms with E-state index in [1.54, 1.807) is 0 Å². The topological polar surface area (TPSA) is 22.0 Å². The van der Waals surface area contributed by atoms with E-state index in [2.05, 4.69) is 95.6 Å². The summed E-state index contributed by atoms with van der Waals surface area (Å²) >= 11 is 0. The van der Waals surface area contributed by atoms with Gasteiger partial charge in [0.15, 0.2) is 7.14 Å². The molecule has 6 aromatic carbocycles. The predicted octanol–water partition coefficient (Wildman–Crippen LogP) is 7.56. The summed E-state index contributed by atoms with van der Waals surface area (Å²) in [5, 5.41) is 7.26. The molecule has 0 bridgehead atoms. The summed E-state index contributed by atoms with van der Waals surface area (Å²) in [6, 6.07) is 46.2. The van der Waals surface area contributed by atoms with Gasteiger partial charge in [-0.05, 0) is 46.8 Å². The summed E-state index contributed by atoms with van der Waals surface area (Å²) in [6.45, 7) is 0. The summed E-state index contributed by atoms with van der Waals surface area (Å²) in [7, 11) is -3.12. The Balaban J connectivity index is 1.60. The Morgan fingerprint density at radius 2 is 1.22 bits per heavy atom. The molecule has 1 aliphatic rings. The molecule has 1 atom stereocenters. The van der Waals surface area contributed by atoms with Gasteiger partial charge in [-0.2, -0.15) is 0 Å². The maximum atomic E-state index is 15.5. The minimum Gasteiger partial charge on any atom is -0.309 e. The zero-order valence-corrected chi connectivity index (χ0v) is 20.9. The van der Waals surface area contributed by atoms with Crippen LogP contribution >= 0.6 is 7.14 Å². The normalized spacial score (nSPS) is 16.3. The number of nitrogens with zero attached hydrogens (tertiary/aromatic N) is 1. The third-order valence-corrected chi connectivity index (χ3v) is 10.9. The molecule has 7 aromatic rings. The fourth-order valence-corrected chi connectivity index (χ4v) is 9.29. The summed E-state index contributed by atoms with van der Waals surface area (Å²) in [5.41, 5.74) is 5.61. The van der Waals surface area contributed by atoms with Crippen molar-refractivity contribution >= 4 is 55.6 Å². The monoisotopic (exact) mass is 491 g/mol. The van der Waals surface area contributed by atoms with Crippen molar-refractivity contribution in [1.82, 2.24) is 4.57 Å². The number of hydrogen-bond acceptors (Lipinski definition) is 1. The van der Waals surface area contributed by atoms with Crippen LogP contribution in [-0.4, -0.2) is 4.57 Å². The number of para-hydroxylation sites is 2. The van der Waals surface area contributed by atoms with E-state index in [9.17, 15) is 0 Å². The van der Waals surface area contributed by atoms with E-state index in [0.29, 0.717) is 0 Å². The second-order valence-electron chi connectivity index (χ2n) is 9.70. The minimum atomic E-state index is -3.12. The van der Waals surface area contributed by atoms with Crippen LogP contribution in [0, 0.1) is 0 Å². The first-order valence-corrected chi connectivity index (χ1v) is 14.3. The fourth-order valence-electron chi connectivity index (χ4n) is 6.19. The Kier molecular flexibility index (Phi) is 4.24. The quantitative estimate of drug-likeness (QED) is 0.229. The molecule has 0 fully saturated rings. The largest absolute Gasteiger partial charge is 0.309 e. The molecule has 0 aliphatic carbocycles. The van der Waals surface area contributed by atoms with E-state index in [1.807, 2.05) is 42.5 Å². The number of hydrogen-bond donors (Lipinski definition) is 0. The van der Waals surface area contributed by atoms with Crippen LogP contribution in [0.1, 0.15) is 0 Å². The lowest BCUT2D eigenvalue weighted by molar-refractivity contribution is 0.592. The van der Waals surface area contributed by atoms with Crippen molar-refractivity contribution in [2.75, 3.05) is 0 Å². The van der Waals surface area contributed by atoms with E-state index < -0.39 is 7.14 Å². The van der Waals surface area contributed by atoms with E-state index in [-0.39, 0.29) is 0 Å². The summed E-state index contributed by atoms with van der Waals surface area (Å²) in [4.78, 5) is 0. The van der Waals surface area contributed by atoms with Crippen molar-refractivity contribution in [1.29, 1.82) is 0 Å². The van der Waals surface area contributed by atoms with E-state index in [0.717, 1.165) is 59.9 Å². The molecule has 0 radical (unpaired) electrons. The van der Waals surface area contributed by atoms with Crippen LogP contribution in [0.4, 0.5) is 0 Å². The van der Waals surface area contributed by atoms with Gasteiger partial charge in [-0.1, -0.05) is 103 Å². The van der Waals surface area contributed by atoms with Gasteiger partial charge >= 0.3 is 0 Å². The highest BCUT2D eigenvalue weighted by Gasteiger charge is 2.38. The molecule has 174 valence electrons. The molecule has 0 N–H and O–H groups in total. The van der Waals surface area contributed by atoms with Crippen LogP contribution in [0.3, 0.4) is 0 Å². The molecule has 0 spiro atoms. The summed E-state index contributed by atoms with van der Waals surface area (Å²) in [5.74, 6) is 0. The highest BCUT2D eigenvalue weighted by Crippen LogP contribution is 2.53. The second-order valence-corrected chi connectivity index (χ2v) is 12.4. The third kappa shape index (κ3) is 2.74. The molecule has 1 unspecified atom stereocenters. The van der Waals surface area contributed by atoms with Gasteiger partial charge < -0.3 is 9.13 Å². The first-order chi connectivity index (χ1) is 18.2. The van der Waals surface area contributed by atoms with Crippen LogP contribution < -0.4 is 15.9 Å². The summed E-state index contributed by atoms with van der Waals surface area (Å²) in [6.07, 6.45) is 0. The van der Waals surface area contributed by atoms with E-state index in [1.165, 1.54) is 5.39 Å². The van der Waals surface area contributed by atoms with Gasteiger partial charge in [-0.25, -0.2) is 0 Å². The molecule has 0 saturated heterocycles. The van der Waals surface area contributed by atoms with Crippen molar-refractivity contribution in [3.8, 4) is 16.8 Å². The van der Waals surface area contributed by atoms with Gasteiger partial charge in [-0.15, -0.1) is 0 Å². The molecule has 2 nitrogen and oxygen atoms in total. The van der Waals surface area contributed by atoms with Crippen LogP contribution in [0.5, 0.6) is 0 Å². The van der Waals surface area contributed by atoms with Crippen molar-refractivity contribution in [2.24, 2.45) is 0 Å². The van der Waals surface area contributed by atoms with Gasteiger partial charge in [0.2, 0.25) is 0 Å². The first kappa shape index (κ1) is 20.8. The van der Waals surface area contributed by atoms with Gasteiger partial charge in [-0.3, -0.25) is 0 Å². The molecule has 3 heteroatoms. The molecule has 1 aliphatic heterocycles. The van der Waals surface area contributed by atoms with Crippen LogP contribution in [0.2, 0.25) is 0 Å². The molecule has 37 heavy (non-hydrogen) atoms. The maximum Gasteiger partial charge on any atom is 0.172 e. The van der Waals surface area contributed by atoms with Crippen LogP contribution in [0.25, 0.3) is 49.4 Å². The smallest absolute Gasteiger partial charge is 0.172 e. The van der Waals surface area contributed by atoms with E-state index >= 15 is 4.57 Å². The average molecular weight is 492 g/mol. The highest BCUT2D eigenvalue weighted by molar-refractivity contribution is 7.86. The number of fused-ring (bicyclic) bond motifs is 5. The zero-order chi connectivity index (χ0) is 24.6. The molecule has 8 rings (SSSR count). The summed E-state index contributed by atoms with van der Waals surface area (Å²) < 4.78 is 17.8. The number of aromatic nitrogens is 1. The maximum absolute atomic E-state index is 15.5. The Bertz CT molecular complexity index is 2050. The van der Waals surface area contributed by atoms with Gasteiger partial charge in [0.25, 0.3) is 0 Å². The lowest BCUT2D eigenvalue weighted by Crippen LogP contribution is -2.30. The molecular formula is C34H22NOP. The number of benzene rings is 6. The van der Waals surface area contributed by atoms with Crippen molar-refractivity contribution in [2.45, 2.75) is 0 Å². The van der Waals surface area contributed by atoms with Gasteiger partial charge in [0.1, 0.15) is 0 Å². The third-order valence-electron chi connectivity index (χ3n) is 7.78. The van der Waals surface area contributed by atoms with E-state index in [4.69, 9.17) is 0 Å². The van der Waals surface area contributed by atoms with Crippen LogP contribution in [0.15, 0.2) is 133 Å². The van der Waals surface area contributed by atoms with Crippen LogP contribution in [-0.2, 0) is 4.57 Å². The van der Waals surface area contributed by atoms with Gasteiger partial charge in [0, 0.05) is 37.8 Å². The molecule has 1 aromatic heterocycles. The lowest BCUT2D eigenvalue weighted by atomic mass is 9.96. The average Bonchev–Trinajstić information content (AvgIpc) is 3.29. The Hall–Kier alpha value is -4.39. The Labute approximate surface area is 214 Å². The second kappa shape index (κ2) is 7.56. The minimum absolute atomic E-state index is 0.879. The predicted molar refractivity (Wildman–Crippen MR) is 157 cm³/mol. The van der Waals surface area contributed by atoms with Crippen molar-refractivity contribution in [3.63, 3.8) is 0 Å². The lowest BCUT2D eigenvalue weighted by Gasteiger charge is -2.30. The molecule has 0 saturated carbocycles. The molecular weight excluding hydrogens is 469 g/mol. The Morgan fingerprint density at radius 1 is 0.514 bits per heavy atom. The standard InChI is InChI=1S/C34H22NOP/c36-37(25-15-5-2-6-16-25)32-20-10-12-23-11-9-18-27(34(23)32)29-21-31-28(22-33(29)37)26-17-7-8-19-30(26)35(31)24-13-3-1-4-14-24/h1-22H. The highest BCUT2D eigenvalue weighted by atomic mass is 31.2. The van der Waals surface area contributed by atoms with Crippen molar-refractivity contribution < 1.29 is 4.57 Å².